The molecule has 0 aromatic heterocycles. The highest BCUT2D eigenvalue weighted by atomic mass is 16.3. The van der Waals surface area contributed by atoms with E-state index in [2.05, 4.69) is 31.1 Å². The number of hydrogen-bond acceptors (Lipinski definition) is 2. The van der Waals surface area contributed by atoms with E-state index >= 15 is 0 Å². The van der Waals surface area contributed by atoms with Crippen molar-refractivity contribution in [3.63, 3.8) is 0 Å². The lowest BCUT2D eigenvalue weighted by Gasteiger charge is -2.30. The predicted octanol–water partition coefficient (Wildman–Crippen LogP) is 4.03. The summed E-state index contributed by atoms with van der Waals surface area (Å²) in [7, 11) is 4.11. The van der Waals surface area contributed by atoms with Crippen molar-refractivity contribution in [1.82, 2.24) is 4.90 Å². The lowest BCUT2D eigenvalue weighted by atomic mass is 9.80. The Morgan fingerprint density at radius 2 is 1.08 bits per heavy atom. The zero-order valence-electron chi connectivity index (χ0n) is 14.2. The maximum absolute atomic E-state index is 11.7. The van der Waals surface area contributed by atoms with Crippen molar-refractivity contribution >= 4 is 0 Å². The van der Waals surface area contributed by atoms with Crippen LogP contribution in [0.5, 0.6) is 0 Å². The van der Waals surface area contributed by atoms with Crippen LogP contribution in [0.25, 0.3) is 0 Å². The first-order chi connectivity index (χ1) is 11.6. The molecule has 0 saturated heterocycles. The van der Waals surface area contributed by atoms with Crippen LogP contribution in [0.3, 0.4) is 0 Å². The van der Waals surface area contributed by atoms with Gasteiger partial charge in [-0.3, -0.25) is 0 Å². The minimum absolute atomic E-state index is 0.872. The van der Waals surface area contributed by atoms with Crippen molar-refractivity contribution in [2.24, 2.45) is 0 Å². The van der Waals surface area contributed by atoms with E-state index in [1.54, 1.807) is 0 Å². The molecule has 3 aromatic rings. The molecule has 0 amide bonds. The van der Waals surface area contributed by atoms with Crippen LogP contribution >= 0.6 is 0 Å². The van der Waals surface area contributed by atoms with Gasteiger partial charge in [-0.2, -0.15) is 0 Å². The Morgan fingerprint density at radius 3 is 1.50 bits per heavy atom. The number of hydrogen-bond donors (Lipinski definition) is 1. The first-order valence-electron chi connectivity index (χ1n) is 8.18. The molecule has 0 radical (unpaired) electrons. The molecule has 24 heavy (non-hydrogen) atoms. The van der Waals surface area contributed by atoms with E-state index in [0.29, 0.717) is 0 Å². The molecule has 0 unspecified atom stereocenters. The molecule has 0 aliphatic heterocycles. The van der Waals surface area contributed by atoms with Gasteiger partial charge < -0.3 is 10.0 Å². The smallest absolute Gasteiger partial charge is 0.140 e. The van der Waals surface area contributed by atoms with Gasteiger partial charge >= 0.3 is 0 Å². The molecule has 122 valence electrons. The Bertz CT molecular complexity index is 725. The van der Waals surface area contributed by atoms with Crippen LogP contribution in [0, 0.1) is 0 Å². The third-order valence-corrected chi connectivity index (χ3v) is 4.25. The second-order valence-electron chi connectivity index (χ2n) is 6.38. The first kappa shape index (κ1) is 16.4. The Morgan fingerprint density at radius 1 is 0.667 bits per heavy atom. The third-order valence-electron chi connectivity index (χ3n) is 4.25. The molecule has 0 aliphatic rings. The minimum atomic E-state index is -1.15. The van der Waals surface area contributed by atoms with E-state index in [4.69, 9.17) is 0 Å². The molecule has 0 heterocycles. The van der Waals surface area contributed by atoms with E-state index in [0.717, 1.165) is 23.2 Å². The maximum Gasteiger partial charge on any atom is 0.140 e. The van der Waals surface area contributed by atoms with Crippen LogP contribution in [0.2, 0.25) is 0 Å². The largest absolute Gasteiger partial charge is 0.376 e. The average molecular weight is 317 g/mol. The van der Waals surface area contributed by atoms with Crippen LogP contribution in [0.1, 0.15) is 22.3 Å². The number of nitrogens with zero attached hydrogens (tertiary/aromatic N) is 1. The lowest BCUT2D eigenvalue weighted by molar-refractivity contribution is 0.125. The van der Waals surface area contributed by atoms with E-state index in [1.807, 2.05) is 72.8 Å². The summed E-state index contributed by atoms with van der Waals surface area (Å²) in [5.41, 5.74) is 2.70. The van der Waals surface area contributed by atoms with Crippen LogP contribution < -0.4 is 0 Å². The summed E-state index contributed by atoms with van der Waals surface area (Å²) in [4.78, 5) is 2.13. The second-order valence-corrected chi connectivity index (χ2v) is 6.38. The summed E-state index contributed by atoms with van der Waals surface area (Å²) >= 11 is 0. The van der Waals surface area contributed by atoms with E-state index in [-0.39, 0.29) is 0 Å². The van der Waals surface area contributed by atoms with E-state index < -0.39 is 5.60 Å². The van der Waals surface area contributed by atoms with Gasteiger partial charge in [-0.1, -0.05) is 84.9 Å². The SMILES string of the molecule is CN(C)Cc1ccc(C(O)(c2ccccc2)c2ccccc2)cc1. The van der Waals surface area contributed by atoms with Crippen LogP contribution in [-0.2, 0) is 12.1 Å². The highest BCUT2D eigenvalue weighted by Crippen LogP contribution is 2.36. The highest BCUT2D eigenvalue weighted by molar-refractivity contribution is 5.47. The summed E-state index contributed by atoms with van der Waals surface area (Å²) in [6.45, 7) is 0.884. The Labute approximate surface area is 144 Å². The normalized spacial score (nSPS) is 11.7. The Balaban J connectivity index is 2.09. The third kappa shape index (κ3) is 3.25. The summed E-state index contributed by atoms with van der Waals surface area (Å²) in [5, 5.41) is 11.7. The van der Waals surface area contributed by atoms with Gasteiger partial charge in [-0.05, 0) is 36.3 Å². The molecule has 2 heteroatoms. The van der Waals surface area contributed by atoms with Crippen molar-refractivity contribution in [2.75, 3.05) is 14.1 Å². The van der Waals surface area contributed by atoms with Gasteiger partial charge in [0, 0.05) is 6.54 Å². The summed E-state index contributed by atoms with van der Waals surface area (Å²) in [6.07, 6.45) is 0. The topological polar surface area (TPSA) is 23.5 Å². The predicted molar refractivity (Wildman–Crippen MR) is 98.8 cm³/mol. The second kappa shape index (κ2) is 7.00. The molecule has 0 atom stereocenters. The maximum atomic E-state index is 11.7. The molecule has 0 aliphatic carbocycles. The molecular formula is C22H23NO. The molecule has 0 saturated carbocycles. The van der Waals surface area contributed by atoms with E-state index in [1.165, 1.54) is 5.56 Å². The van der Waals surface area contributed by atoms with Gasteiger partial charge in [0.15, 0.2) is 0 Å². The van der Waals surface area contributed by atoms with Crippen molar-refractivity contribution in [1.29, 1.82) is 0 Å². The molecule has 2 nitrogen and oxygen atoms in total. The zero-order chi connectivity index (χ0) is 17.0. The van der Waals surface area contributed by atoms with Gasteiger partial charge in [-0.25, -0.2) is 0 Å². The van der Waals surface area contributed by atoms with Crippen LogP contribution in [0.4, 0.5) is 0 Å². The van der Waals surface area contributed by atoms with Gasteiger partial charge in [0.2, 0.25) is 0 Å². The quantitative estimate of drug-likeness (QED) is 0.718. The Hall–Kier alpha value is -2.42. The zero-order valence-corrected chi connectivity index (χ0v) is 14.2. The fourth-order valence-corrected chi connectivity index (χ4v) is 3.08. The fourth-order valence-electron chi connectivity index (χ4n) is 3.08. The van der Waals surface area contributed by atoms with Crippen molar-refractivity contribution in [3.8, 4) is 0 Å². The number of benzene rings is 3. The summed E-state index contributed by atoms with van der Waals surface area (Å²) in [6, 6.07) is 27.9. The van der Waals surface area contributed by atoms with Crippen LogP contribution in [0.15, 0.2) is 84.9 Å². The van der Waals surface area contributed by atoms with Crippen molar-refractivity contribution < 1.29 is 5.11 Å². The monoisotopic (exact) mass is 317 g/mol. The van der Waals surface area contributed by atoms with Gasteiger partial charge in [0.25, 0.3) is 0 Å². The van der Waals surface area contributed by atoms with Crippen molar-refractivity contribution in [3.05, 3.63) is 107 Å². The Kier molecular flexibility index (Phi) is 4.79. The van der Waals surface area contributed by atoms with Gasteiger partial charge in [0.1, 0.15) is 5.60 Å². The molecular weight excluding hydrogens is 294 g/mol. The average Bonchev–Trinajstić information content (AvgIpc) is 2.63. The van der Waals surface area contributed by atoms with Gasteiger partial charge in [0.05, 0.1) is 0 Å². The molecule has 3 rings (SSSR count). The minimum Gasteiger partial charge on any atom is -0.376 e. The summed E-state index contributed by atoms with van der Waals surface area (Å²) in [5.74, 6) is 0. The standard InChI is InChI=1S/C22H23NO/c1-23(2)17-18-13-15-21(16-14-18)22(24,19-9-5-3-6-10-19)20-11-7-4-8-12-20/h3-16,24H,17H2,1-2H3. The molecule has 0 fully saturated rings. The molecule has 1 N–H and O–H groups in total. The highest BCUT2D eigenvalue weighted by Gasteiger charge is 2.33. The van der Waals surface area contributed by atoms with Crippen molar-refractivity contribution in [2.45, 2.75) is 12.1 Å². The summed E-state index contributed by atoms with van der Waals surface area (Å²) < 4.78 is 0. The lowest BCUT2D eigenvalue weighted by Crippen LogP contribution is -2.28. The fraction of sp³-hybridized carbons (Fsp3) is 0.182. The van der Waals surface area contributed by atoms with E-state index in [9.17, 15) is 5.11 Å². The first-order valence-corrected chi connectivity index (χ1v) is 8.18. The molecule has 0 bridgehead atoms. The van der Waals surface area contributed by atoms with Gasteiger partial charge in [-0.15, -0.1) is 0 Å². The molecule has 0 spiro atoms. The number of aliphatic hydroxyl groups is 1. The number of rotatable bonds is 5. The molecule has 3 aromatic carbocycles. The van der Waals surface area contributed by atoms with Crippen LogP contribution in [-0.4, -0.2) is 24.1 Å².